The van der Waals surface area contributed by atoms with Gasteiger partial charge in [0.15, 0.2) is 0 Å². The average molecular weight is 341 g/mol. The number of hydrogen-bond donors (Lipinski definition) is 3. The quantitative estimate of drug-likeness (QED) is 0.601. The van der Waals surface area contributed by atoms with Crippen molar-refractivity contribution in [2.75, 3.05) is 0 Å². The van der Waals surface area contributed by atoms with Crippen LogP contribution in [0.4, 0.5) is 0 Å². The van der Waals surface area contributed by atoms with E-state index in [4.69, 9.17) is 0 Å². The highest BCUT2D eigenvalue weighted by Gasteiger charge is 2.27. The summed E-state index contributed by atoms with van der Waals surface area (Å²) in [4.78, 5) is 0. The number of benzene rings is 2. The first-order valence-electron chi connectivity index (χ1n) is 9.39. The molecule has 3 N–H and O–H groups in total. The highest BCUT2D eigenvalue weighted by molar-refractivity contribution is 5.21. The van der Waals surface area contributed by atoms with Crippen molar-refractivity contribution in [2.24, 2.45) is 0 Å². The highest BCUT2D eigenvalue weighted by Crippen LogP contribution is 2.25. The van der Waals surface area contributed by atoms with Gasteiger partial charge in [0, 0.05) is 12.1 Å². The van der Waals surface area contributed by atoms with Crippen molar-refractivity contribution in [1.82, 2.24) is 5.32 Å². The number of nitrogens with one attached hydrogen (secondary N) is 1. The second-order valence-electron chi connectivity index (χ2n) is 6.67. The SMILES string of the molecule is CCC[C@@H](N[C@H](CCC)[C@@H](O)c1ccccc1)[C@@H](O)c1ccccc1. The fourth-order valence-corrected chi connectivity index (χ4v) is 3.33. The summed E-state index contributed by atoms with van der Waals surface area (Å²) in [7, 11) is 0. The summed E-state index contributed by atoms with van der Waals surface area (Å²) in [5, 5.41) is 25.2. The second-order valence-corrected chi connectivity index (χ2v) is 6.67. The Kier molecular flexibility index (Phi) is 8.13. The standard InChI is InChI=1S/C22H31NO2/c1-3-11-19(21(24)17-13-7-5-8-14-17)23-20(12-4-2)22(25)18-15-9-6-10-16-18/h5-10,13-16,19-25H,3-4,11-12H2,1-2H3/t19-,20-,21+,22+/m1/s1. The van der Waals surface area contributed by atoms with Crippen LogP contribution in [0.1, 0.15) is 62.9 Å². The Bertz CT molecular complexity index is 534. The first kappa shape index (κ1) is 19.6. The molecule has 0 radical (unpaired) electrons. The van der Waals surface area contributed by atoms with Gasteiger partial charge in [-0.1, -0.05) is 87.4 Å². The zero-order valence-corrected chi connectivity index (χ0v) is 15.3. The summed E-state index contributed by atoms with van der Waals surface area (Å²) in [5.74, 6) is 0. The molecule has 2 rings (SSSR count). The van der Waals surface area contributed by atoms with Crippen molar-refractivity contribution >= 4 is 0 Å². The van der Waals surface area contributed by atoms with E-state index < -0.39 is 12.2 Å². The van der Waals surface area contributed by atoms with Crippen molar-refractivity contribution in [1.29, 1.82) is 0 Å². The molecule has 2 aromatic rings. The predicted molar refractivity (Wildman–Crippen MR) is 103 cm³/mol. The van der Waals surface area contributed by atoms with Crippen LogP contribution < -0.4 is 5.32 Å². The number of aliphatic hydroxyl groups is 2. The summed E-state index contributed by atoms with van der Waals surface area (Å²) in [6, 6.07) is 19.4. The zero-order valence-electron chi connectivity index (χ0n) is 15.3. The second kappa shape index (κ2) is 10.3. The Morgan fingerprint density at radius 2 is 1.04 bits per heavy atom. The summed E-state index contributed by atoms with van der Waals surface area (Å²) < 4.78 is 0. The van der Waals surface area contributed by atoms with E-state index in [9.17, 15) is 10.2 Å². The maximum absolute atomic E-state index is 10.8. The number of hydrogen-bond acceptors (Lipinski definition) is 3. The molecule has 0 amide bonds. The molecule has 0 heterocycles. The lowest BCUT2D eigenvalue weighted by molar-refractivity contribution is 0.0745. The van der Waals surface area contributed by atoms with Gasteiger partial charge in [-0.25, -0.2) is 0 Å². The Labute approximate surface area is 151 Å². The number of rotatable bonds is 10. The van der Waals surface area contributed by atoms with Crippen molar-refractivity contribution in [3.05, 3.63) is 71.8 Å². The van der Waals surface area contributed by atoms with Crippen molar-refractivity contribution < 1.29 is 10.2 Å². The topological polar surface area (TPSA) is 52.5 Å². The molecular formula is C22H31NO2. The lowest BCUT2D eigenvalue weighted by Gasteiger charge is -2.32. The molecule has 0 unspecified atom stereocenters. The minimum Gasteiger partial charge on any atom is -0.387 e. The van der Waals surface area contributed by atoms with Crippen LogP contribution in [0.25, 0.3) is 0 Å². The van der Waals surface area contributed by atoms with Gasteiger partial charge in [-0.3, -0.25) is 0 Å². The van der Waals surface area contributed by atoms with E-state index in [1.807, 2.05) is 60.7 Å². The fourth-order valence-electron chi connectivity index (χ4n) is 3.33. The van der Waals surface area contributed by atoms with Crippen LogP contribution in [-0.4, -0.2) is 22.3 Å². The third-order valence-corrected chi connectivity index (χ3v) is 4.67. The Balaban J connectivity index is 2.15. The lowest BCUT2D eigenvalue weighted by Crippen LogP contribution is -2.45. The smallest absolute Gasteiger partial charge is 0.0943 e. The first-order valence-corrected chi connectivity index (χ1v) is 9.39. The van der Waals surface area contributed by atoms with Gasteiger partial charge in [-0.15, -0.1) is 0 Å². The molecule has 3 nitrogen and oxygen atoms in total. The fraction of sp³-hybridized carbons (Fsp3) is 0.455. The summed E-state index contributed by atoms with van der Waals surface area (Å²) in [5.41, 5.74) is 1.83. The predicted octanol–water partition coefficient (Wildman–Crippen LogP) is 4.38. The van der Waals surface area contributed by atoms with Crippen LogP contribution in [0.3, 0.4) is 0 Å². The van der Waals surface area contributed by atoms with Gasteiger partial charge in [0.1, 0.15) is 0 Å². The molecule has 0 aliphatic carbocycles. The van der Waals surface area contributed by atoms with E-state index in [1.165, 1.54) is 0 Å². The van der Waals surface area contributed by atoms with E-state index >= 15 is 0 Å². The van der Waals surface area contributed by atoms with Gasteiger partial charge in [0.2, 0.25) is 0 Å². The van der Waals surface area contributed by atoms with E-state index in [0.29, 0.717) is 0 Å². The Morgan fingerprint density at radius 1 is 0.680 bits per heavy atom. The van der Waals surface area contributed by atoms with Crippen molar-refractivity contribution in [2.45, 2.75) is 63.8 Å². The normalized spacial score (nSPS) is 16.2. The van der Waals surface area contributed by atoms with Crippen LogP contribution in [-0.2, 0) is 0 Å². The minimum atomic E-state index is -0.580. The molecule has 2 aromatic carbocycles. The van der Waals surface area contributed by atoms with Crippen molar-refractivity contribution in [3.63, 3.8) is 0 Å². The molecular weight excluding hydrogens is 310 g/mol. The van der Waals surface area contributed by atoms with Crippen LogP contribution in [0.15, 0.2) is 60.7 Å². The lowest BCUT2D eigenvalue weighted by atomic mass is 9.93. The molecule has 0 saturated carbocycles. The van der Waals surface area contributed by atoms with E-state index in [0.717, 1.165) is 36.8 Å². The van der Waals surface area contributed by atoms with Crippen LogP contribution in [0, 0.1) is 0 Å². The molecule has 0 aromatic heterocycles. The van der Waals surface area contributed by atoms with Gasteiger partial charge in [0.05, 0.1) is 12.2 Å². The Morgan fingerprint density at radius 3 is 1.36 bits per heavy atom. The maximum Gasteiger partial charge on any atom is 0.0943 e. The number of aliphatic hydroxyl groups excluding tert-OH is 2. The van der Waals surface area contributed by atoms with E-state index in [-0.39, 0.29) is 12.1 Å². The van der Waals surface area contributed by atoms with Crippen LogP contribution >= 0.6 is 0 Å². The summed E-state index contributed by atoms with van der Waals surface area (Å²) in [6.07, 6.45) is 2.51. The zero-order chi connectivity index (χ0) is 18.1. The molecule has 0 aliphatic rings. The molecule has 4 atom stereocenters. The van der Waals surface area contributed by atoms with Crippen molar-refractivity contribution in [3.8, 4) is 0 Å². The molecule has 0 saturated heterocycles. The molecule has 0 bridgehead atoms. The van der Waals surface area contributed by atoms with E-state index in [1.54, 1.807) is 0 Å². The monoisotopic (exact) mass is 341 g/mol. The molecule has 0 aliphatic heterocycles. The van der Waals surface area contributed by atoms with Crippen LogP contribution in [0.2, 0.25) is 0 Å². The summed E-state index contributed by atoms with van der Waals surface area (Å²) in [6.45, 7) is 4.24. The molecule has 0 spiro atoms. The molecule has 0 fully saturated rings. The average Bonchev–Trinajstić information content (AvgIpc) is 2.67. The largest absolute Gasteiger partial charge is 0.387 e. The van der Waals surface area contributed by atoms with Gasteiger partial charge >= 0.3 is 0 Å². The minimum absolute atomic E-state index is 0.0812. The molecule has 3 heteroatoms. The molecule has 25 heavy (non-hydrogen) atoms. The van der Waals surface area contributed by atoms with Gasteiger partial charge in [-0.05, 0) is 24.0 Å². The van der Waals surface area contributed by atoms with Crippen LogP contribution in [0.5, 0.6) is 0 Å². The first-order chi connectivity index (χ1) is 12.2. The Hall–Kier alpha value is -1.68. The maximum atomic E-state index is 10.8. The summed E-state index contributed by atoms with van der Waals surface area (Å²) >= 11 is 0. The third kappa shape index (κ3) is 5.67. The van der Waals surface area contributed by atoms with E-state index in [2.05, 4.69) is 19.2 Å². The third-order valence-electron chi connectivity index (χ3n) is 4.67. The van der Waals surface area contributed by atoms with Gasteiger partial charge in [-0.2, -0.15) is 0 Å². The highest BCUT2D eigenvalue weighted by atomic mass is 16.3. The molecule has 136 valence electrons. The van der Waals surface area contributed by atoms with Gasteiger partial charge in [0.25, 0.3) is 0 Å². The van der Waals surface area contributed by atoms with Gasteiger partial charge < -0.3 is 15.5 Å².